The molecule has 0 saturated carbocycles. The molecule has 0 spiro atoms. The second-order valence-corrected chi connectivity index (χ2v) is 8.10. The molecule has 0 aliphatic rings. The molecule has 0 N–H and O–H groups in total. The van der Waals surface area contributed by atoms with Crippen LogP contribution >= 0.6 is 27.5 Å². The minimum atomic E-state index is -3.73. The fourth-order valence-corrected chi connectivity index (χ4v) is 3.68. The molecule has 0 saturated heterocycles. The lowest BCUT2D eigenvalue weighted by molar-refractivity contribution is 0.0526. The van der Waals surface area contributed by atoms with Crippen LogP contribution in [0.2, 0.25) is 5.02 Å². The first-order valence-electron chi connectivity index (χ1n) is 6.98. The Labute approximate surface area is 154 Å². The summed E-state index contributed by atoms with van der Waals surface area (Å²) < 4.78 is 32.1. The Morgan fingerprint density at radius 2 is 1.83 bits per heavy atom. The number of carbonyl (C=O) groups excluding carboxylic acids is 1. The van der Waals surface area contributed by atoms with Crippen LogP contribution in [0.4, 0.5) is 5.69 Å². The Hall–Kier alpha value is -1.57. The number of hydrogen-bond acceptors (Lipinski definition) is 4. The van der Waals surface area contributed by atoms with Gasteiger partial charge in [-0.3, -0.25) is 4.31 Å². The van der Waals surface area contributed by atoms with Gasteiger partial charge in [-0.15, -0.1) is 0 Å². The second-order valence-electron chi connectivity index (χ2n) is 4.81. The van der Waals surface area contributed by atoms with E-state index in [1.807, 2.05) is 0 Å². The smallest absolute Gasteiger partial charge is 0.339 e. The van der Waals surface area contributed by atoms with Gasteiger partial charge in [0.15, 0.2) is 0 Å². The molecule has 2 rings (SSSR count). The van der Waals surface area contributed by atoms with E-state index in [-0.39, 0.29) is 22.1 Å². The van der Waals surface area contributed by atoms with Crippen LogP contribution in [0.5, 0.6) is 0 Å². The summed E-state index contributed by atoms with van der Waals surface area (Å²) in [5.41, 5.74) is 0.535. The minimum Gasteiger partial charge on any atom is -0.462 e. The summed E-state index contributed by atoms with van der Waals surface area (Å²) in [5, 5.41) is 0.129. The quantitative estimate of drug-likeness (QED) is 0.667. The van der Waals surface area contributed by atoms with Crippen molar-refractivity contribution in [1.29, 1.82) is 0 Å². The van der Waals surface area contributed by atoms with Crippen molar-refractivity contribution in [2.45, 2.75) is 11.8 Å². The molecule has 0 atom stereocenters. The van der Waals surface area contributed by atoms with Gasteiger partial charge >= 0.3 is 5.97 Å². The van der Waals surface area contributed by atoms with Gasteiger partial charge in [-0.1, -0.05) is 27.5 Å². The van der Waals surface area contributed by atoms with Crippen LogP contribution in [0.3, 0.4) is 0 Å². The van der Waals surface area contributed by atoms with Crippen molar-refractivity contribution in [2.75, 3.05) is 18.0 Å². The predicted octanol–water partition coefficient (Wildman–Crippen LogP) is 4.10. The lowest BCUT2D eigenvalue weighted by atomic mass is 10.2. The van der Waals surface area contributed by atoms with Gasteiger partial charge in [0, 0.05) is 11.5 Å². The fraction of sp³-hybridized carbons (Fsp3) is 0.188. The molecule has 8 heteroatoms. The van der Waals surface area contributed by atoms with Crippen LogP contribution < -0.4 is 4.31 Å². The molecule has 2 aromatic carbocycles. The van der Waals surface area contributed by atoms with E-state index in [0.717, 1.165) is 8.78 Å². The van der Waals surface area contributed by atoms with Crippen LogP contribution in [0.25, 0.3) is 0 Å². The van der Waals surface area contributed by atoms with E-state index in [0.29, 0.717) is 5.69 Å². The zero-order valence-corrected chi connectivity index (χ0v) is 16.2. The van der Waals surface area contributed by atoms with E-state index in [4.69, 9.17) is 16.3 Å². The van der Waals surface area contributed by atoms with Crippen LogP contribution in [-0.4, -0.2) is 28.0 Å². The number of halogens is 2. The summed E-state index contributed by atoms with van der Waals surface area (Å²) in [5.74, 6) is -0.549. The van der Waals surface area contributed by atoms with Crippen molar-refractivity contribution in [2.24, 2.45) is 0 Å². The summed E-state index contributed by atoms with van der Waals surface area (Å²) in [6, 6.07) is 10.7. The molecule has 5 nitrogen and oxygen atoms in total. The van der Waals surface area contributed by atoms with Crippen molar-refractivity contribution in [3.05, 3.63) is 57.5 Å². The monoisotopic (exact) mass is 431 g/mol. The predicted molar refractivity (Wildman–Crippen MR) is 97.1 cm³/mol. The third-order valence-corrected chi connectivity index (χ3v) is 5.92. The zero-order valence-electron chi connectivity index (χ0n) is 13.0. The number of nitrogens with zero attached hydrogens (tertiary/aromatic N) is 1. The number of hydrogen-bond donors (Lipinski definition) is 0. The van der Waals surface area contributed by atoms with Crippen LogP contribution in [0, 0.1) is 0 Å². The Balaban J connectivity index is 2.35. The number of rotatable bonds is 5. The maximum Gasteiger partial charge on any atom is 0.339 e. The van der Waals surface area contributed by atoms with Gasteiger partial charge in [0.25, 0.3) is 10.0 Å². The highest BCUT2D eigenvalue weighted by molar-refractivity contribution is 9.10. The first-order chi connectivity index (χ1) is 11.3. The SMILES string of the molecule is CCOC(=O)c1ccc(N(C)S(=O)(=O)c2ccc(Br)cc2)cc1Cl. The number of esters is 1. The van der Waals surface area contributed by atoms with Crippen molar-refractivity contribution in [1.82, 2.24) is 0 Å². The first-order valence-corrected chi connectivity index (χ1v) is 9.59. The topological polar surface area (TPSA) is 63.7 Å². The molecular weight excluding hydrogens is 418 g/mol. The van der Waals surface area contributed by atoms with Crippen molar-refractivity contribution in [3.63, 3.8) is 0 Å². The molecule has 0 unspecified atom stereocenters. The van der Waals surface area contributed by atoms with E-state index in [1.165, 1.54) is 37.4 Å². The number of carbonyl (C=O) groups is 1. The van der Waals surface area contributed by atoms with Crippen molar-refractivity contribution < 1.29 is 17.9 Å². The average molecular weight is 433 g/mol. The van der Waals surface area contributed by atoms with Crippen molar-refractivity contribution in [3.8, 4) is 0 Å². The molecule has 0 aromatic heterocycles. The molecule has 0 aliphatic heterocycles. The van der Waals surface area contributed by atoms with Crippen molar-refractivity contribution >= 4 is 49.2 Å². The maximum absolute atomic E-state index is 12.7. The highest BCUT2D eigenvalue weighted by atomic mass is 79.9. The minimum absolute atomic E-state index is 0.129. The maximum atomic E-state index is 12.7. The Kier molecular flexibility index (Phi) is 5.90. The van der Waals surface area contributed by atoms with Gasteiger partial charge in [-0.2, -0.15) is 0 Å². The number of ether oxygens (including phenoxy) is 1. The summed E-state index contributed by atoms with van der Waals surface area (Å²) in [4.78, 5) is 11.9. The highest BCUT2D eigenvalue weighted by Crippen LogP contribution is 2.28. The van der Waals surface area contributed by atoms with E-state index in [9.17, 15) is 13.2 Å². The van der Waals surface area contributed by atoms with E-state index >= 15 is 0 Å². The van der Waals surface area contributed by atoms with Crippen LogP contribution in [0.1, 0.15) is 17.3 Å². The Morgan fingerprint density at radius 1 is 1.21 bits per heavy atom. The number of sulfonamides is 1. The molecule has 0 heterocycles. The van der Waals surface area contributed by atoms with Crippen LogP contribution in [-0.2, 0) is 14.8 Å². The summed E-state index contributed by atoms with van der Waals surface area (Å²) >= 11 is 9.36. The summed E-state index contributed by atoms with van der Waals surface area (Å²) in [7, 11) is -2.31. The van der Waals surface area contributed by atoms with E-state index in [2.05, 4.69) is 15.9 Å². The van der Waals surface area contributed by atoms with E-state index < -0.39 is 16.0 Å². The standard InChI is InChI=1S/C16H15BrClNO4S/c1-3-23-16(20)14-9-6-12(10-15(14)18)19(2)24(21,22)13-7-4-11(17)5-8-13/h4-10H,3H2,1-2H3. The molecule has 24 heavy (non-hydrogen) atoms. The molecule has 0 amide bonds. The fourth-order valence-electron chi connectivity index (χ4n) is 1.98. The third-order valence-electron chi connectivity index (χ3n) is 3.28. The van der Waals surface area contributed by atoms with Gasteiger partial charge in [0.1, 0.15) is 0 Å². The largest absolute Gasteiger partial charge is 0.462 e. The van der Waals surface area contributed by atoms with Gasteiger partial charge in [-0.25, -0.2) is 13.2 Å². The van der Waals surface area contributed by atoms with Gasteiger partial charge in [-0.05, 0) is 49.4 Å². The number of benzene rings is 2. The normalized spacial score (nSPS) is 11.2. The molecule has 2 aromatic rings. The molecule has 0 fully saturated rings. The van der Waals surface area contributed by atoms with Gasteiger partial charge < -0.3 is 4.74 Å². The molecular formula is C16H15BrClNO4S. The summed E-state index contributed by atoms with van der Waals surface area (Å²) in [6.07, 6.45) is 0. The van der Waals surface area contributed by atoms with Crippen LogP contribution in [0.15, 0.2) is 51.8 Å². The lowest BCUT2D eigenvalue weighted by Gasteiger charge is -2.20. The van der Waals surface area contributed by atoms with Gasteiger partial charge in [0.05, 0.1) is 27.8 Å². The summed E-state index contributed by atoms with van der Waals surface area (Å²) in [6.45, 7) is 1.92. The molecule has 0 radical (unpaired) electrons. The Morgan fingerprint density at radius 3 is 2.38 bits per heavy atom. The number of anilines is 1. The van der Waals surface area contributed by atoms with Gasteiger partial charge in [0.2, 0.25) is 0 Å². The first kappa shape index (κ1) is 18.8. The molecule has 128 valence electrons. The highest BCUT2D eigenvalue weighted by Gasteiger charge is 2.22. The Bertz CT molecular complexity index is 853. The molecule has 0 bridgehead atoms. The lowest BCUT2D eigenvalue weighted by Crippen LogP contribution is -2.26. The average Bonchev–Trinajstić information content (AvgIpc) is 2.54. The second kappa shape index (κ2) is 7.55. The third kappa shape index (κ3) is 3.91. The van der Waals surface area contributed by atoms with E-state index in [1.54, 1.807) is 19.1 Å². The molecule has 0 aliphatic carbocycles. The zero-order chi connectivity index (χ0) is 17.9.